The lowest BCUT2D eigenvalue weighted by Gasteiger charge is -2.47. The summed E-state index contributed by atoms with van der Waals surface area (Å²) in [5.74, 6) is -4.27. The van der Waals surface area contributed by atoms with Crippen molar-refractivity contribution < 1.29 is 33.1 Å². The molecule has 3 amide bonds. The molecule has 7 atom stereocenters. The lowest BCUT2D eigenvalue weighted by Crippen LogP contribution is -2.66. The maximum atomic E-state index is 12.9. The summed E-state index contributed by atoms with van der Waals surface area (Å²) in [5.41, 5.74) is -0.0904. The number of carboxylic acid groups (broad SMARTS) is 1. The molecule has 0 aromatic heterocycles. The molecule has 4 aliphatic rings. The smallest absolute Gasteiger partial charge is 0.353 e. The highest BCUT2D eigenvalue weighted by atomic mass is 32.2. The van der Waals surface area contributed by atoms with E-state index in [0.29, 0.717) is 31.0 Å². The Kier molecular flexibility index (Phi) is 7.39. The Balaban J connectivity index is 1.43. The second kappa shape index (κ2) is 10.0. The minimum atomic E-state index is -3.20. The molecule has 0 aromatic carbocycles. The number of aliphatic carboxylic acids is 1. The van der Waals surface area contributed by atoms with Gasteiger partial charge in [-0.3, -0.25) is 14.4 Å². The van der Waals surface area contributed by atoms with Gasteiger partial charge in [-0.25, -0.2) is 4.79 Å². The van der Waals surface area contributed by atoms with E-state index in [4.69, 9.17) is 0 Å². The number of hydrogen-bond acceptors (Lipinski definition) is 7. The van der Waals surface area contributed by atoms with Gasteiger partial charge >= 0.3 is 12.4 Å². The fourth-order valence-corrected chi connectivity index (χ4v) is 7.13. The number of halogens is 2. The van der Waals surface area contributed by atoms with Crippen molar-refractivity contribution in [1.29, 1.82) is 0 Å². The van der Waals surface area contributed by atoms with Crippen LogP contribution in [0.1, 0.15) is 26.7 Å². The Labute approximate surface area is 206 Å². The van der Waals surface area contributed by atoms with E-state index in [1.165, 1.54) is 23.6 Å². The van der Waals surface area contributed by atoms with Crippen molar-refractivity contribution in [2.45, 2.75) is 62.5 Å². The zero-order chi connectivity index (χ0) is 25.6. The molecule has 13 heteroatoms. The van der Waals surface area contributed by atoms with Crippen molar-refractivity contribution in [3.8, 4) is 0 Å². The number of likely N-dealkylation sites (tertiary alicyclic amines) is 1. The van der Waals surface area contributed by atoms with Crippen LogP contribution in [0.4, 0.5) is 8.78 Å². The monoisotopic (exact) mass is 515 g/mol. The fraction of sp³-hybridized carbons (Fsp3) is 0.727. The molecule has 194 valence electrons. The van der Waals surface area contributed by atoms with E-state index in [-0.39, 0.29) is 34.9 Å². The van der Waals surface area contributed by atoms with E-state index in [9.17, 15) is 33.1 Å². The SMILES string of the molecule is CN[C@H]1CCN(C(=O)[C@@H]2C[C@H](SC3=C(C(=O)O)N4C(=O)[C@H]([C@@H](C)NC(=O)C(F)F)[C@H]4[C@H]3C)CN2)C1. The van der Waals surface area contributed by atoms with Crippen LogP contribution in [0.2, 0.25) is 0 Å². The first-order valence-electron chi connectivity index (χ1n) is 11.8. The summed E-state index contributed by atoms with van der Waals surface area (Å²) in [6.07, 6.45) is -1.75. The highest BCUT2D eigenvalue weighted by Gasteiger charge is 2.60. The topological polar surface area (TPSA) is 131 Å². The third-order valence-corrected chi connectivity index (χ3v) is 9.00. The lowest BCUT2D eigenvalue weighted by atomic mass is 9.78. The van der Waals surface area contributed by atoms with E-state index in [1.807, 2.05) is 18.9 Å². The van der Waals surface area contributed by atoms with Gasteiger partial charge in [-0.2, -0.15) is 8.78 Å². The number of β-lactam (4-membered cyclic amide) rings is 1. The highest BCUT2D eigenvalue weighted by Crippen LogP contribution is 2.51. The third kappa shape index (κ3) is 4.65. The van der Waals surface area contributed by atoms with E-state index < -0.39 is 42.2 Å². The minimum Gasteiger partial charge on any atom is -0.477 e. The van der Waals surface area contributed by atoms with Crippen molar-refractivity contribution in [3.63, 3.8) is 0 Å². The van der Waals surface area contributed by atoms with Crippen molar-refractivity contribution in [2.24, 2.45) is 11.8 Å². The molecule has 0 radical (unpaired) electrons. The van der Waals surface area contributed by atoms with Crippen molar-refractivity contribution in [1.82, 2.24) is 25.8 Å². The van der Waals surface area contributed by atoms with Crippen molar-refractivity contribution >= 4 is 35.5 Å². The number of carbonyl (C=O) groups excluding carboxylic acids is 3. The molecule has 4 heterocycles. The molecule has 0 aromatic rings. The molecule has 4 aliphatic heterocycles. The van der Waals surface area contributed by atoms with Gasteiger partial charge in [-0.1, -0.05) is 6.92 Å². The average Bonchev–Trinajstić information content (AvgIpc) is 3.52. The molecule has 0 bridgehead atoms. The number of amides is 3. The van der Waals surface area contributed by atoms with Crippen molar-refractivity contribution in [2.75, 3.05) is 26.7 Å². The van der Waals surface area contributed by atoms with Gasteiger partial charge in [0.15, 0.2) is 0 Å². The molecule has 0 aliphatic carbocycles. The van der Waals surface area contributed by atoms with Crippen LogP contribution in [0.15, 0.2) is 10.6 Å². The van der Waals surface area contributed by atoms with Gasteiger partial charge in [0.1, 0.15) is 5.70 Å². The number of likely N-dealkylation sites (N-methyl/N-ethyl adjacent to an activating group) is 1. The number of thioether (sulfide) groups is 1. The van der Waals surface area contributed by atoms with Gasteiger partial charge in [-0.15, -0.1) is 11.8 Å². The van der Waals surface area contributed by atoms with Crippen LogP contribution in [0, 0.1) is 11.8 Å². The van der Waals surface area contributed by atoms with E-state index >= 15 is 0 Å². The van der Waals surface area contributed by atoms with Crippen LogP contribution in [-0.2, 0) is 19.2 Å². The number of nitrogens with one attached hydrogen (secondary N) is 3. The van der Waals surface area contributed by atoms with Gasteiger partial charge in [0.25, 0.3) is 5.91 Å². The second-order valence-corrected chi connectivity index (χ2v) is 11.0. The number of carboxylic acids is 1. The van der Waals surface area contributed by atoms with Gasteiger partial charge in [0.2, 0.25) is 11.8 Å². The molecule has 4 rings (SSSR count). The first-order valence-corrected chi connectivity index (χ1v) is 12.7. The van der Waals surface area contributed by atoms with E-state index in [1.54, 1.807) is 0 Å². The van der Waals surface area contributed by atoms with E-state index in [2.05, 4.69) is 16.0 Å². The molecule has 0 spiro atoms. The Hall–Kier alpha value is -2.25. The lowest BCUT2D eigenvalue weighted by molar-refractivity contribution is -0.159. The Morgan fingerprint density at radius 1 is 1.29 bits per heavy atom. The molecular weight excluding hydrogens is 484 g/mol. The number of alkyl halides is 2. The molecule has 35 heavy (non-hydrogen) atoms. The summed E-state index contributed by atoms with van der Waals surface area (Å²) >= 11 is 1.36. The summed E-state index contributed by atoms with van der Waals surface area (Å²) < 4.78 is 25.3. The maximum Gasteiger partial charge on any atom is 0.353 e. The molecular formula is C22H31F2N5O5S. The Morgan fingerprint density at radius 2 is 2.00 bits per heavy atom. The van der Waals surface area contributed by atoms with Gasteiger partial charge in [0.05, 0.1) is 18.0 Å². The largest absolute Gasteiger partial charge is 0.477 e. The van der Waals surface area contributed by atoms with Gasteiger partial charge < -0.3 is 30.9 Å². The van der Waals surface area contributed by atoms with Crippen LogP contribution >= 0.6 is 11.8 Å². The molecule has 10 nitrogen and oxygen atoms in total. The van der Waals surface area contributed by atoms with Crippen molar-refractivity contribution in [3.05, 3.63) is 10.6 Å². The first kappa shape index (κ1) is 25.8. The Morgan fingerprint density at radius 3 is 2.60 bits per heavy atom. The summed E-state index contributed by atoms with van der Waals surface area (Å²) in [5, 5.41) is 18.4. The summed E-state index contributed by atoms with van der Waals surface area (Å²) in [6, 6.07) is -1.44. The quantitative estimate of drug-likeness (QED) is 0.328. The number of rotatable bonds is 8. The first-order chi connectivity index (χ1) is 16.5. The van der Waals surface area contributed by atoms with Crippen LogP contribution in [-0.4, -0.2) is 101 Å². The van der Waals surface area contributed by atoms with Crippen LogP contribution in [0.5, 0.6) is 0 Å². The molecule has 3 saturated heterocycles. The zero-order valence-electron chi connectivity index (χ0n) is 19.8. The maximum absolute atomic E-state index is 12.9. The van der Waals surface area contributed by atoms with Crippen LogP contribution < -0.4 is 16.0 Å². The number of fused-ring (bicyclic) bond motifs is 1. The number of hydrogen-bond donors (Lipinski definition) is 4. The van der Waals surface area contributed by atoms with Gasteiger partial charge in [0, 0.05) is 47.8 Å². The zero-order valence-corrected chi connectivity index (χ0v) is 20.6. The molecule has 0 unspecified atom stereocenters. The standard InChI is InChI=1S/C22H31F2N5O5S/c1-9-15-14(10(2)27-19(30)18(23)24)21(32)29(15)16(22(33)34)17(9)35-12-6-13(26-7-12)20(31)28-5-4-11(8-28)25-3/h9-15,18,25-26H,4-8H2,1-3H3,(H,27,30)(H,33,34)/t9-,10-,11+,12+,13+,14-,15-/m1/s1. The predicted octanol–water partition coefficient (Wildman–Crippen LogP) is -0.187. The summed E-state index contributed by atoms with van der Waals surface area (Å²) in [6.45, 7) is 5.18. The van der Waals surface area contributed by atoms with Crippen LogP contribution in [0.3, 0.4) is 0 Å². The average molecular weight is 516 g/mol. The third-order valence-electron chi connectivity index (χ3n) is 7.49. The molecule has 4 N–H and O–H groups in total. The summed E-state index contributed by atoms with van der Waals surface area (Å²) in [4.78, 5) is 52.9. The normalized spacial score (nSPS) is 33.3. The predicted molar refractivity (Wildman–Crippen MR) is 123 cm³/mol. The fourth-order valence-electron chi connectivity index (χ4n) is 5.65. The van der Waals surface area contributed by atoms with E-state index in [0.717, 1.165) is 6.42 Å². The summed E-state index contributed by atoms with van der Waals surface area (Å²) in [7, 11) is 1.88. The second-order valence-electron chi connectivity index (χ2n) is 9.62. The molecule has 0 saturated carbocycles. The molecule has 3 fully saturated rings. The number of carbonyl (C=O) groups is 4. The minimum absolute atomic E-state index is 0.0421. The van der Waals surface area contributed by atoms with Gasteiger partial charge in [-0.05, 0) is 26.8 Å². The van der Waals surface area contributed by atoms with Crippen LogP contribution in [0.25, 0.3) is 0 Å². The number of nitrogens with zero attached hydrogens (tertiary/aromatic N) is 2. The Bertz CT molecular complexity index is 949. The highest BCUT2D eigenvalue weighted by molar-refractivity contribution is 8.03.